The van der Waals surface area contributed by atoms with Gasteiger partial charge >= 0.3 is 0 Å². The van der Waals surface area contributed by atoms with E-state index < -0.39 is 0 Å². The normalized spacial score (nSPS) is 22.8. The summed E-state index contributed by atoms with van der Waals surface area (Å²) in [5.41, 5.74) is 2.11. The molecule has 4 rings (SSSR count). The molecular formula is C18H16BrNO. The van der Waals surface area contributed by atoms with Gasteiger partial charge in [0.1, 0.15) is 0 Å². The molecule has 0 bridgehead atoms. The van der Waals surface area contributed by atoms with Gasteiger partial charge in [0, 0.05) is 10.2 Å². The lowest BCUT2D eigenvalue weighted by atomic mass is 9.55. The van der Waals surface area contributed by atoms with Gasteiger partial charge in [0.05, 0.1) is 11.5 Å². The molecule has 1 aliphatic heterocycles. The van der Waals surface area contributed by atoms with Gasteiger partial charge in [-0.1, -0.05) is 52.7 Å². The van der Waals surface area contributed by atoms with Crippen LogP contribution in [-0.2, 0) is 4.79 Å². The highest BCUT2D eigenvalue weighted by Gasteiger charge is 2.64. The zero-order valence-electron chi connectivity index (χ0n) is 11.6. The largest absolute Gasteiger partial charge is 0.303 e. The molecule has 0 aromatic heterocycles. The van der Waals surface area contributed by atoms with Gasteiger partial charge in [-0.2, -0.15) is 0 Å². The average molecular weight is 342 g/mol. The Balaban J connectivity index is 1.76. The number of benzene rings is 2. The van der Waals surface area contributed by atoms with Crippen molar-refractivity contribution in [2.24, 2.45) is 5.41 Å². The van der Waals surface area contributed by atoms with E-state index in [0.29, 0.717) is 5.91 Å². The number of carbonyl (C=O) groups excluding carboxylic acids is 1. The van der Waals surface area contributed by atoms with Crippen molar-refractivity contribution >= 4 is 27.5 Å². The molecule has 2 nitrogen and oxygen atoms in total. The third kappa shape index (κ3) is 1.80. The summed E-state index contributed by atoms with van der Waals surface area (Å²) in [6.07, 6.45) is 3.22. The first-order valence-electron chi connectivity index (χ1n) is 7.37. The lowest BCUT2D eigenvalue weighted by molar-refractivity contribution is -0.148. The van der Waals surface area contributed by atoms with Crippen molar-refractivity contribution in [3.8, 4) is 0 Å². The fourth-order valence-electron chi connectivity index (χ4n) is 3.67. The third-order valence-electron chi connectivity index (χ3n) is 4.89. The standard InChI is InChI=1S/C18H16BrNO/c19-14-9-7-13(8-10-14)16-18(11-4-12-18)17(21)20(16)15-5-2-1-3-6-15/h1-3,5-10,16H,4,11-12H2. The van der Waals surface area contributed by atoms with Crippen LogP contribution in [0.2, 0.25) is 0 Å². The minimum Gasteiger partial charge on any atom is -0.303 e. The van der Waals surface area contributed by atoms with Crippen LogP contribution in [0.4, 0.5) is 5.69 Å². The molecule has 1 unspecified atom stereocenters. The minimum absolute atomic E-state index is 0.135. The molecule has 1 aliphatic carbocycles. The summed E-state index contributed by atoms with van der Waals surface area (Å²) >= 11 is 3.49. The highest BCUT2D eigenvalue weighted by atomic mass is 79.9. The Morgan fingerprint density at radius 1 is 1.00 bits per heavy atom. The highest BCUT2D eigenvalue weighted by Crippen LogP contribution is 2.62. The summed E-state index contributed by atoms with van der Waals surface area (Å²) in [7, 11) is 0. The van der Waals surface area contributed by atoms with Gasteiger partial charge in [-0.15, -0.1) is 0 Å². The van der Waals surface area contributed by atoms with Gasteiger partial charge in [0.15, 0.2) is 0 Å². The van der Waals surface area contributed by atoms with Gasteiger partial charge < -0.3 is 4.90 Å². The van der Waals surface area contributed by atoms with E-state index in [-0.39, 0.29) is 11.5 Å². The minimum atomic E-state index is -0.135. The number of anilines is 1. The molecule has 1 saturated heterocycles. The number of nitrogens with zero attached hydrogens (tertiary/aromatic N) is 1. The number of para-hydroxylation sites is 1. The average Bonchev–Trinajstić information content (AvgIpc) is 2.45. The number of amides is 1. The van der Waals surface area contributed by atoms with Crippen LogP contribution in [0, 0.1) is 5.41 Å². The van der Waals surface area contributed by atoms with Gasteiger partial charge in [0.25, 0.3) is 0 Å². The van der Waals surface area contributed by atoms with Crippen molar-refractivity contribution in [3.05, 3.63) is 64.6 Å². The molecule has 0 N–H and O–H groups in total. The van der Waals surface area contributed by atoms with E-state index in [1.807, 2.05) is 35.2 Å². The molecule has 1 atom stereocenters. The van der Waals surface area contributed by atoms with E-state index in [2.05, 4.69) is 40.2 Å². The summed E-state index contributed by atoms with van der Waals surface area (Å²) in [6.45, 7) is 0. The van der Waals surface area contributed by atoms with Crippen LogP contribution >= 0.6 is 15.9 Å². The second kappa shape index (κ2) is 4.70. The van der Waals surface area contributed by atoms with Crippen molar-refractivity contribution in [2.45, 2.75) is 25.3 Å². The number of carbonyl (C=O) groups is 1. The van der Waals surface area contributed by atoms with Gasteiger partial charge in [-0.3, -0.25) is 4.79 Å². The lowest BCUT2D eigenvalue weighted by Gasteiger charge is -2.60. The van der Waals surface area contributed by atoms with E-state index in [4.69, 9.17) is 0 Å². The van der Waals surface area contributed by atoms with Crippen LogP contribution in [0.1, 0.15) is 30.9 Å². The molecule has 1 saturated carbocycles. The van der Waals surface area contributed by atoms with Crippen LogP contribution in [-0.4, -0.2) is 5.91 Å². The molecule has 0 radical (unpaired) electrons. The van der Waals surface area contributed by atoms with E-state index in [1.54, 1.807) is 0 Å². The Morgan fingerprint density at radius 3 is 2.24 bits per heavy atom. The number of hydrogen-bond donors (Lipinski definition) is 0. The summed E-state index contributed by atoms with van der Waals surface area (Å²) in [4.78, 5) is 14.7. The second-order valence-electron chi connectivity index (χ2n) is 5.97. The quantitative estimate of drug-likeness (QED) is 0.724. The van der Waals surface area contributed by atoms with Crippen molar-refractivity contribution in [1.82, 2.24) is 0 Å². The van der Waals surface area contributed by atoms with Crippen LogP contribution in [0.15, 0.2) is 59.1 Å². The molecule has 21 heavy (non-hydrogen) atoms. The second-order valence-corrected chi connectivity index (χ2v) is 6.89. The first kappa shape index (κ1) is 13.1. The van der Waals surface area contributed by atoms with Gasteiger partial charge in [-0.05, 0) is 42.7 Å². The number of β-lactam (4-membered cyclic amide) rings is 1. The molecule has 3 heteroatoms. The SMILES string of the molecule is O=C1N(c2ccccc2)C(c2ccc(Br)cc2)C12CCC2. The lowest BCUT2D eigenvalue weighted by Crippen LogP contribution is -2.66. The van der Waals surface area contributed by atoms with E-state index in [0.717, 1.165) is 23.0 Å². The van der Waals surface area contributed by atoms with Crippen molar-refractivity contribution < 1.29 is 4.79 Å². The smallest absolute Gasteiger partial charge is 0.236 e. The molecule has 2 aromatic carbocycles. The predicted octanol–water partition coefficient (Wildman–Crippen LogP) is 4.71. The fraction of sp³-hybridized carbons (Fsp3) is 0.278. The topological polar surface area (TPSA) is 20.3 Å². The molecule has 106 valence electrons. The summed E-state index contributed by atoms with van der Waals surface area (Å²) in [5, 5.41) is 0. The Kier molecular flexibility index (Phi) is 2.93. The van der Waals surface area contributed by atoms with E-state index in [1.165, 1.54) is 12.0 Å². The number of halogens is 1. The molecule has 1 heterocycles. The molecule has 2 aromatic rings. The number of hydrogen-bond acceptors (Lipinski definition) is 1. The van der Waals surface area contributed by atoms with Gasteiger partial charge in [0.2, 0.25) is 5.91 Å². The Bertz CT molecular complexity index is 676. The molecule has 1 amide bonds. The molecule has 1 spiro atoms. The van der Waals surface area contributed by atoms with Crippen LogP contribution in [0.3, 0.4) is 0 Å². The van der Waals surface area contributed by atoms with E-state index in [9.17, 15) is 4.79 Å². The monoisotopic (exact) mass is 341 g/mol. The Morgan fingerprint density at radius 2 is 1.67 bits per heavy atom. The summed E-state index contributed by atoms with van der Waals surface area (Å²) in [6, 6.07) is 18.6. The maximum atomic E-state index is 12.7. The Hall–Kier alpha value is -1.61. The number of rotatable bonds is 2. The van der Waals surface area contributed by atoms with Crippen LogP contribution in [0.5, 0.6) is 0 Å². The fourth-order valence-corrected chi connectivity index (χ4v) is 3.93. The zero-order valence-corrected chi connectivity index (χ0v) is 13.2. The van der Waals surface area contributed by atoms with Crippen LogP contribution in [0.25, 0.3) is 0 Å². The van der Waals surface area contributed by atoms with Crippen molar-refractivity contribution in [2.75, 3.05) is 4.90 Å². The van der Waals surface area contributed by atoms with Crippen LogP contribution < -0.4 is 4.90 Å². The molecule has 2 fully saturated rings. The maximum absolute atomic E-state index is 12.7. The molecular weight excluding hydrogens is 326 g/mol. The third-order valence-corrected chi connectivity index (χ3v) is 5.42. The summed E-state index contributed by atoms with van der Waals surface area (Å²) in [5.74, 6) is 0.299. The van der Waals surface area contributed by atoms with E-state index >= 15 is 0 Å². The highest BCUT2D eigenvalue weighted by molar-refractivity contribution is 9.10. The first-order chi connectivity index (χ1) is 10.2. The molecule has 2 aliphatic rings. The van der Waals surface area contributed by atoms with Gasteiger partial charge in [-0.25, -0.2) is 0 Å². The maximum Gasteiger partial charge on any atom is 0.236 e. The first-order valence-corrected chi connectivity index (χ1v) is 8.16. The van der Waals surface area contributed by atoms with Crippen molar-refractivity contribution in [3.63, 3.8) is 0 Å². The predicted molar refractivity (Wildman–Crippen MR) is 87.1 cm³/mol. The zero-order chi connectivity index (χ0) is 14.4. The summed E-state index contributed by atoms with van der Waals surface area (Å²) < 4.78 is 1.07. The Labute approximate surface area is 132 Å². The van der Waals surface area contributed by atoms with Crippen molar-refractivity contribution in [1.29, 1.82) is 0 Å².